The molecule has 1 aliphatic carbocycles. The molecular formula is C31H38O. The second-order valence-electron chi connectivity index (χ2n) is 9.35. The van der Waals surface area contributed by atoms with Crippen LogP contribution in [0.15, 0.2) is 72.8 Å². The molecule has 1 saturated carbocycles. The van der Waals surface area contributed by atoms with Gasteiger partial charge in [-0.1, -0.05) is 74.0 Å². The summed E-state index contributed by atoms with van der Waals surface area (Å²) in [6.07, 6.45) is 14.9. The van der Waals surface area contributed by atoms with Gasteiger partial charge in [0.1, 0.15) is 5.75 Å². The Morgan fingerprint density at radius 2 is 1.47 bits per heavy atom. The SMILES string of the molecule is CCC/C=C/C1CCC(c2ccc(CCc3ccc4cc(OCC)ccc4c3)cc2)CC1. The summed E-state index contributed by atoms with van der Waals surface area (Å²) >= 11 is 0. The van der Waals surface area contributed by atoms with Gasteiger partial charge in [-0.05, 0) is 103 Å². The monoisotopic (exact) mass is 426 g/mol. The van der Waals surface area contributed by atoms with E-state index in [1.54, 1.807) is 5.56 Å². The molecule has 0 N–H and O–H groups in total. The second-order valence-corrected chi connectivity index (χ2v) is 9.35. The lowest BCUT2D eigenvalue weighted by Gasteiger charge is -2.27. The summed E-state index contributed by atoms with van der Waals surface area (Å²) < 4.78 is 5.62. The predicted octanol–water partition coefficient (Wildman–Crippen LogP) is 8.65. The molecule has 0 spiro atoms. The van der Waals surface area contributed by atoms with Crippen molar-refractivity contribution in [3.63, 3.8) is 0 Å². The molecule has 0 unspecified atom stereocenters. The lowest BCUT2D eigenvalue weighted by Crippen LogP contribution is -2.11. The fourth-order valence-corrected chi connectivity index (χ4v) is 5.03. The van der Waals surface area contributed by atoms with Gasteiger partial charge in [-0.15, -0.1) is 0 Å². The number of hydrogen-bond acceptors (Lipinski definition) is 1. The largest absolute Gasteiger partial charge is 0.494 e. The van der Waals surface area contributed by atoms with Crippen LogP contribution in [-0.4, -0.2) is 6.61 Å². The fraction of sp³-hybridized carbons (Fsp3) is 0.419. The average molecular weight is 427 g/mol. The van der Waals surface area contributed by atoms with E-state index in [4.69, 9.17) is 4.74 Å². The Morgan fingerprint density at radius 1 is 0.781 bits per heavy atom. The minimum Gasteiger partial charge on any atom is -0.494 e. The zero-order valence-electron chi connectivity index (χ0n) is 19.9. The van der Waals surface area contributed by atoms with E-state index in [9.17, 15) is 0 Å². The van der Waals surface area contributed by atoms with Gasteiger partial charge in [-0.25, -0.2) is 0 Å². The van der Waals surface area contributed by atoms with Gasteiger partial charge in [0.05, 0.1) is 6.61 Å². The maximum atomic E-state index is 5.62. The van der Waals surface area contributed by atoms with Gasteiger partial charge in [-0.3, -0.25) is 0 Å². The van der Waals surface area contributed by atoms with Crippen LogP contribution in [0.4, 0.5) is 0 Å². The Kier molecular flexibility index (Phi) is 8.04. The highest BCUT2D eigenvalue weighted by Gasteiger charge is 2.20. The van der Waals surface area contributed by atoms with Crippen molar-refractivity contribution in [3.8, 4) is 5.75 Å². The number of rotatable bonds is 9. The first-order valence-electron chi connectivity index (χ1n) is 12.7. The molecule has 32 heavy (non-hydrogen) atoms. The maximum Gasteiger partial charge on any atom is 0.119 e. The van der Waals surface area contributed by atoms with Crippen LogP contribution in [0.25, 0.3) is 10.8 Å². The van der Waals surface area contributed by atoms with Crippen LogP contribution >= 0.6 is 0 Å². The maximum absolute atomic E-state index is 5.62. The van der Waals surface area contributed by atoms with Crippen LogP contribution in [0.3, 0.4) is 0 Å². The highest BCUT2D eigenvalue weighted by molar-refractivity contribution is 5.84. The van der Waals surface area contributed by atoms with Crippen molar-refractivity contribution in [2.75, 3.05) is 6.61 Å². The van der Waals surface area contributed by atoms with Gasteiger partial charge in [-0.2, -0.15) is 0 Å². The van der Waals surface area contributed by atoms with Crippen molar-refractivity contribution in [2.24, 2.45) is 5.92 Å². The lowest BCUT2D eigenvalue weighted by atomic mass is 9.78. The third-order valence-corrected chi connectivity index (χ3v) is 6.98. The number of unbranched alkanes of at least 4 members (excludes halogenated alkanes) is 1. The third kappa shape index (κ3) is 6.03. The van der Waals surface area contributed by atoms with Crippen LogP contribution in [-0.2, 0) is 12.8 Å². The predicted molar refractivity (Wildman–Crippen MR) is 138 cm³/mol. The molecule has 1 fully saturated rings. The van der Waals surface area contributed by atoms with Crippen LogP contribution in [0.1, 0.15) is 75.0 Å². The number of hydrogen-bond donors (Lipinski definition) is 0. The van der Waals surface area contributed by atoms with Crippen molar-refractivity contribution in [1.82, 2.24) is 0 Å². The molecule has 3 aromatic rings. The van der Waals surface area contributed by atoms with E-state index >= 15 is 0 Å². The van der Waals surface area contributed by atoms with Crippen LogP contribution in [0.5, 0.6) is 5.75 Å². The van der Waals surface area contributed by atoms with Gasteiger partial charge in [0.15, 0.2) is 0 Å². The second kappa shape index (κ2) is 11.4. The number of ether oxygens (including phenoxy) is 1. The van der Waals surface area contributed by atoms with Crippen LogP contribution in [0, 0.1) is 5.92 Å². The van der Waals surface area contributed by atoms with E-state index in [2.05, 4.69) is 79.7 Å². The summed E-state index contributed by atoms with van der Waals surface area (Å²) in [6.45, 7) is 4.99. The molecule has 0 heterocycles. The van der Waals surface area contributed by atoms with E-state index in [1.165, 1.54) is 60.4 Å². The van der Waals surface area contributed by atoms with Gasteiger partial charge in [0.25, 0.3) is 0 Å². The minimum atomic E-state index is 0.708. The fourth-order valence-electron chi connectivity index (χ4n) is 5.03. The van der Waals surface area contributed by atoms with E-state index < -0.39 is 0 Å². The first-order chi connectivity index (χ1) is 15.7. The smallest absolute Gasteiger partial charge is 0.119 e. The molecule has 0 saturated heterocycles. The van der Waals surface area contributed by atoms with Gasteiger partial charge < -0.3 is 4.74 Å². The summed E-state index contributed by atoms with van der Waals surface area (Å²) in [5, 5.41) is 2.54. The van der Waals surface area contributed by atoms with Gasteiger partial charge >= 0.3 is 0 Å². The topological polar surface area (TPSA) is 9.23 Å². The standard InChI is InChI=1S/C31H38O/c1-3-5-6-7-24-10-15-27(16-11-24)28-17-12-25(13-18-28)8-9-26-14-19-30-23-31(32-4-2)21-20-29(30)22-26/h6-7,12-14,17-24,27H,3-5,8-11,15-16H2,1-2H3/b7-6+. The first-order valence-corrected chi connectivity index (χ1v) is 12.7. The molecule has 1 heteroatoms. The molecule has 0 aromatic heterocycles. The summed E-state index contributed by atoms with van der Waals surface area (Å²) in [7, 11) is 0. The van der Waals surface area contributed by atoms with Crippen molar-refractivity contribution < 1.29 is 4.74 Å². The Balaban J connectivity index is 1.30. The summed E-state index contributed by atoms with van der Waals surface area (Å²) in [5.41, 5.74) is 4.39. The Labute approximate surface area is 194 Å². The van der Waals surface area contributed by atoms with E-state index in [-0.39, 0.29) is 0 Å². The summed E-state index contributed by atoms with van der Waals surface area (Å²) in [4.78, 5) is 0. The minimum absolute atomic E-state index is 0.708. The molecule has 3 aromatic carbocycles. The van der Waals surface area contributed by atoms with E-state index in [0.29, 0.717) is 6.61 Å². The average Bonchev–Trinajstić information content (AvgIpc) is 2.84. The molecule has 0 aliphatic heterocycles. The summed E-state index contributed by atoms with van der Waals surface area (Å²) in [6, 6.07) is 22.7. The van der Waals surface area contributed by atoms with Gasteiger partial charge in [0, 0.05) is 0 Å². The molecule has 1 nitrogen and oxygen atoms in total. The van der Waals surface area contributed by atoms with Gasteiger partial charge in [0.2, 0.25) is 0 Å². The molecule has 4 rings (SSSR count). The Bertz CT molecular complexity index is 1010. The van der Waals surface area contributed by atoms with Crippen molar-refractivity contribution >= 4 is 10.8 Å². The Hall–Kier alpha value is -2.54. The van der Waals surface area contributed by atoms with Crippen molar-refractivity contribution in [1.29, 1.82) is 0 Å². The zero-order chi connectivity index (χ0) is 22.2. The molecule has 0 bridgehead atoms. The highest BCUT2D eigenvalue weighted by Crippen LogP contribution is 2.36. The third-order valence-electron chi connectivity index (χ3n) is 6.98. The van der Waals surface area contributed by atoms with E-state index in [1.807, 2.05) is 6.92 Å². The molecule has 0 amide bonds. The van der Waals surface area contributed by atoms with Crippen LogP contribution < -0.4 is 4.74 Å². The molecule has 1 aliphatic rings. The molecule has 0 atom stereocenters. The Morgan fingerprint density at radius 3 is 2.22 bits per heavy atom. The highest BCUT2D eigenvalue weighted by atomic mass is 16.5. The zero-order valence-corrected chi connectivity index (χ0v) is 19.9. The normalized spacial score (nSPS) is 18.9. The number of fused-ring (bicyclic) bond motifs is 1. The number of allylic oxidation sites excluding steroid dienone is 2. The molecule has 0 radical (unpaired) electrons. The first kappa shape index (κ1) is 22.6. The molecular weight excluding hydrogens is 388 g/mol. The number of benzene rings is 3. The van der Waals surface area contributed by atoms with Crippen molar-refractivity contribution in [2.45, 2.75) is 71.1 Å². The van der Waals surface area contributed by atoms with E-state index in [0.717, 1.165) is 30.4 Å². The summed E-state index contributed by atoms with van der Waals surface area (Å²) in [5.74, 6) is 2.51. The quantitative estimate of drug-likeness (QED) is 0.311. The lowest BCUT2D eigenvalue weighted by molar-refractivity contribution is 0.341. The van der Waals surface area contributed by atoms with Crippen LogP contribution in [0.2, 0.25) is 0 Å². The number of aryl methyl sites for hydroxylation is 2. The van der Waals surface area contributed by atoms with Crippen molar-refractivity contribution in [3.05, 3.63) is 89.5 Å². The molecule has 168 valence electrons.